The highest BCUT2D eigenvalue weighted by Crippen LogP contribution is 2.51. The van der Waals surface area contributed by atoms with Crippen LogP contribution in [0.15, 0.2) is 42.5 Å². The second-order valence-corrected chi connectivity index (χ2v) is 14.9. The van der Waals surface area contributed by atoms with Gasteiger partial charge in [-0.05, 0) is 55.5 Å². The number of sulfone groups is 1. The fourth-order valence-corrected chi connectivity index (χ4v) is 8.52. The summed E-state index contributed by atoms with van der Waals surface area (Å²) < 4.78 is 52.3. The van der Waals surface area contributed by atoms with E-state index in [0.29, 0.717) is 18.1 Å². The average Bonchev–Trinajstić information content (AvgIpc) is 3.60. The van der Waals surface area contributed by atoms with Crippen LogP contribution < -0.4 is 4.90 Å². The van der Waals surface area contributed by atoms with Crippen molar-refractivity contribution in [3.63, 3.8) is 0 Å². The fourth-order valence-electron chi connectivity index (χ4n) is 6.15. The second kappa shape index (κ2) is 10.9. The van der Waals surface area contributed by atoms with E-state index < -0.39 is 26.9 Å². The van der Waals surface area contributed by atoms with E-state index in [1.807, 2.05) is 24.3 Å². The van der Waals surface area contributed by atoms with E-state index in [9.17, 15) is 27.3 Å². The van der Waals surface area contributed by atoms with E-state index in [2.05, 4.69) is 11.0 Å². The number of aromatic nitrogens is 1. The van der Waals surface area contributed by atoms with Crippen LogP contribution in [0.1, 0.15) is 56.6 Å². The molecule has 0 radical (unpaired) electrons. The second-order valence-electron chi connectivity index (χ2n) is 11.6. The third-order valence-electron chi connectivity index (χ3n) is 8.79. The number of thiazole rings is 1. The molecule has 0 N–H and O–H groups in total. The summed E-state index contributed by atoms with van der Waals surface area (Å²) in [4.78, 5) is 21.4. The van der Waals surface area contributed by atoms with Crippen LogP contribution >= 0.6 is 11.3 Å². The van der Waals surface area contributed by atoms with Gasteiger partial charge in [0.15, 0.2) is 9.84 Å². The van der Waals surface area contributed by atoms with Crippen LogP contribution in [0.5, 0.6) is 0 Å². The monoisotopic (exact) mass is 595 g/mol. The zero-order chi connectivity index (χ0) is 28.8. The van der Waals surface area contributed by atoms with Crippen molar-refractivity contribution in [2.45, 2.75) is 50.9 Å². The number of hydrogen-bond acceptors (Lipinski definition) is 7. The third-order valence-corrected chi connectivity index (χ3v) is 11.6. The zero-order valence-corrected chi connectivity index (χ0v) is 24.2. The Kier molecular flexibility index (Phi) is 7.45. The van der Waals surface area contributed by atoms with Crippen LogP contribution in [0.2, 0.25) is 0 Å². The first kappa shape index (κ1) is 28.0. The molecule has 41 heavy (non-hydrogen) atoms. The summed E-state index contributed by atoms with van der Waals surface area (Å²) in [5.41, 5.74) is 2.26. The first-order valence-electron chi connectivity index (χ1n) is 14.1. The van der Waals surface area contributed by atoms with Gasteiger partial charge in [-0.3, -0.25) is 4.79 Å². The summed E-state index contributed by atoms with van der Waals surface area (Å²) in [5.74, 6) is -1.38. The van der Waals surface area contributed by atoms with Crippen molar-refractivity contribution in [3.8, 4) is 27.1 Å². The van der Waals surface area contributed by atoms with Gasteiger partial charge in [0.2, 0.25) is 0 Å². The summed E-state index contributed by atoms with van der Waals surface area (Å²) >= 11 is 1.33. The molecule has 2 aromatic carbocycles. The lowest BCUT2D eigenvalue weighted by Gasteiger charge is -2.31. The van der Waals surface area contributed by atoms with Gasteiger partial charge in [-0.15, -0.1) is 11.3 Å². The molecule has 2 aliphatic carbocycles. The molecule has 10 heteroatoms. The Balaban J connectivity index is 1.37. The van der Waals surface area contributed by atoms with Gasteiger partial charge in [0.1, 0.15) is 22.4 Å². The highest BCUT2D eigenvalue weighted by molar-refractivity contribution is 7.91. The highest BCUT2D eigenvalue weighted by atomic mass is 32.2. The van der Waals surface area contributed by atoms with E-state index >= 15 is 0 Å². The van der Waals surface area contributed by atoms with Crippen LogP contribution in [0.4, 0.5) is 14.5 Å². The zero-order valence-electron chi connectivity index (χ0n) is 22.6. The van der Waals surface area contributed by atoms with Gasteiger partial charge >= 0.3 is 0 Å². The van der Waals surface area contributed by atoms with Gasteiger partial charge in [-0.25, -0.2) is 22.2 Å². The van der Waals surface area contributed by atoms with Gasteiger partial charge in [-0.2, -0.15) is 5.26 Å². The lowest BCUT2D eigenvalue weighted by molar-refractivity contribution is -0.125. The largest absolute Gasteiger partial charge is 0.369 e. The molecule has 6 rings (SSSR count). The summed E-state index contributed by atoms with van der Waals surface area (Å²) in [5, 5.41) is 10.0. The molecule has 2 atom stereocenters. The van der Waals surface area contributed by atoms with Crippen molar-refractivity contribution < 1.29 is 22.0 Å². The van der Waals surface area contributed by atoms with Crippen molar-refractivity contribution in [3.05, 3.63) is 59.8 Å². The van der Waals surface area contributed by atoms with E-state index in [1.54, 1.807) is 0 Å². The Morgan fingerprint density at radius 1 is 1.07 bits per heavy atom. The minimum atomic E-state index is -2.99. The Hall–Kier alpha value is -3.16. The number of carbonyl (C=O) groups excluding carboxylic acids is 1. The Bertz CT molecular complexity index is 1610. The molecular formula is C31H31F2N3O3S2. The van der Waals surface area contributed by atoms with E-state index in [-0.39, 0.29) is 41.1 Å². The van der Waals surface area contributed by atoms with Gasteiger partial charge in [0, 0.05) is 48.7 Å². The molecule has 0 amide bonds. The van der Waals surface area contributed by atoms with Crippen molar-refractivity contribution >= 4 is 32.6 Å². The normalized spacial score (nSPS) is 23.1. The standard InChI is InChI=1S/C31H31F2N3O3S2/c32-21-7-10-25(26(33)17-21)30-35-28(24-4-2-1-3-23(24)27(37)18-31(19-34)11-12-31)29(40-30)20-5-8-22(9-6-20)36-13-15-41(38,39)16-14-36/h5-10,17,23-24H,1-4,11-16,18H2/t23-,24-/m1/s1. The van der Waals surface area contributed by atoms with E-state index in [4.69, 9.17) is 4.98 Å². The average molecular weight is 596 g/mol. The number of nitrogens with zero attached hydrogens (tertiary/aromatic N) is 3. The summed E-state index contributed by atoms with van der Waals surface area (Å²) in [6.07, 6.45) is 5.19. The number of carbonyl (C=O) groups is 1. The molecule has 1 aromatic heterocycles. The number of benzene rings is 2. The van der Waals surface area contributed by atoms with Gasteiger partial charge in [-0.1, -0.05) is 25.0 Å². The lowest BCUT2D eigenvalue weighted by Crippen LogP contribution is -2.40. The summed E-state index contributed by atoms with van der Waals surface area (Å²) in [7, 11) is -2.99. The first-order valence-corrected chi connectivity index (χ1v) is 16.8. The van der Waals surface area contributed by atoms with Crippen LogP contribution in [0.3, 0.4) is 0 Å². The van der Waals surface area contributed by atoms with E-state index in [0.717, 1.165) is 66.4 Å². The molecular weight excluding hydrogens is 564 g/mol. The van der Waals surface area contributed by atoms with Gasteiger partial charge in [0.25, 0.3) is 0 Å². The molecule has 1 saturated heterocycles. The smallest absolute Gasteiger partial charge is 0.153 e. The van der Waals surface area contributed by atoms with Gasteiger partial charge < -0.3 is 4.90 Å². The van der Waals surface area contributed by atoms with Crippen LogP contribution in [-0.4, -0.2) is 43.8 Å². The maximum Gasteiger partial charge on any atom is 0.153 e. The number of ketones is 1. The Morgan fingerprint density at radius 2 is 1.78 bits per heavy atom. The first-order chi connectivity index (χ1) is 19.7. The molecule has 0 spiro atoms. The molecule has 6 nitrogen and oxygen atoms in total. The predicted molar refractivity (Wildman–Crippen MR) is 155 cm³/mol. The Morgan fingerprint density at radius 3 is 2.44 bits per heavy atom. The quantitative estimate of drug-likeness (QED) is 0.309. The molecule has 0 bridgehead atoms. The molecule has 3 aromatic rings. The van der Waals surface area contributed by atoms with Crippen molar-refractivity contribution in [2.75, 3.05) is 29.5 Å². The van der Waals surface area contributed by atoms with Gasteiger partial charge in [0.05, 0.1) is 33.6 Å². The van der Waals surface area contributed by atoms with Crippen molar-refractivity contribution in [2.24, 2.45) is 11.3 Å². The summed E-state index contributed by atoms with van der Waals surface area (Å²) in [6.45, 7) is 0.884. The Labute approximate surface area is 242 Å². The molecule has 2 saturated carbocycles. The van der Waals surface area contributed by atoms with Crippen LogP contribution in [0, 0.1) is 34.3 Å². The maximum absolute atomic E-state index is 14.9. The molecule has 2 heterocycles. The molecule has 1 aliphatic heterocycles. The molecule has 3 fully saturated rings. The maximum atomic E-state index is 14.9. The fraction of sp³-hybridized carbons (Fsp3) is 0.452. The molecule has 214 valence electrons. The number of hydrogen-bond donors (Lipinski definition) is 0. The number of rotatable bonds is 7. The number of Topliss-reactive ketones (excluding diaryl/α,β-unsaturated/α-hetero) is 1. The topological polar surface area (TPSA) is 91.1 Å². The number of nitriles is 1. The summed E-state index contributed by atoms with van der Waals surface area (Å²) in [6, 6.07) is 13.7. The minimum absolute atomic E-state index is 0.109. The van der Waals surface area contributed by atoms with Crippen LogP contribution in [0.25, 0.3) is 21.0 Å². The van der Waals surface area contributed by atoms with Crippen molar-refractivity contribution in [1.29, 1.82) is 5.26 Å². The predicted octanol–water partition coefficient (Wildman–Crippen LogP) is 6.53. The minimum Gasteiger partial charge on any atom is -0.369 e. The van der Waals surface area contributed by atoms with E-state index in [1.165, 1.54) is 23.5 Å². The molecule has 0 unspecified atom stereocenters. The lowest BCUT2D eigenvalue weighted by atomic mass is 9.73. The number of anilines is 1. The van der Waals surface area contributed by atoms with Crippen LogP contribution in [-0.2, 0) is 14.6 Å². The van der Waals surface area contributed by atoms with Crippen molar-refractivity contribution in [1.82, 2.24) is 4.98 Å². The SMILES string of the molecule is N#CC1(CC(=O)[C@@H]2CCCC[C@H]2c2nc(-c3ccc(F)cc3F)sc2-c2ccc(N3CCS(=O)(=O)CC3)cc2)CC1. The number of halogens is 2. The molecule has 3 aliphatic rings. The third kappa shape index (κ3) is 5.80. The highest BCUT2D eigenvalue weighted by Gasteiger charge is 2.47.